The van der Waals surface area contributed by atoms with Crippen LogP contribution in [0.4, 0.5) is 10.1 Å². The third kappa shape index (κ3) is 3.51. The van der Waals surface area contributed by atoms with E-state index < -0.39 is 6.10 Å². The van der Waals surface area contributed by atoms with Gasteiger partial charge in [0.05, 0.1) is 19.1 Å². The van der Waals surface area contributed by atoms with Crippen LogP contribution in [0, 0.1) is 12.7 Å². The predicted octanol–water partition coefficient (Wildman–Crippen LogP) is 3.33. The molecule has 2 aromatic rings. The lowest BCUT2D eigenvalue weighted by Crippen LogP contribution is -2.36. The number of carbonyl (C=O) groups excluding carboxylic acids is 1. The smallest absolute Gasteiger partial charge is 0.313 e. The van der Waals surface area contributed by atoms with Crippen molar-refractivity contribution in [2.24, 2.45) is 0 Å². The van der Waals surface area contributed by atoms with Crippen LogP contribution in [0.3, 0.4) is 0 Å². The summed E-state index contributed by atoms with van der Waals surface area (Å²) in [5.41, 5.74) is 3.30. The van der Waals surface area contributed by atoms with Gasteiger partial charge in [-0.2, -0.15) is 0 Å². The molecule has 4 nitrogen and oxygen atoms in total. The van der Waals surface area contributed by atoms with Crippen LogP contribution in [0.1, 0.15) is 35.1 Å². The molecular formula is C20H22FNO3. The zero-order valence-corrected chi connectivity index (χ0v) is 14.4. The molecule has 2 atom stereocenters. The molecule has 0 spiro atoms. The fourth-order valence-electron chi connectivity index (χ4n) is 3.53. The van der Waals surface area contributed by atoms with Crippen molar-refractivity contribution in [3.63, 3.8) is 0 Å². The first-order valence-electron chi connectivity index (χ1n) is 8.37. The van der Waals surface area contributed by atoms with Crippen LogP contribution in [0.2, 0.25) is 0 Å². The minimum absolute atomic E-state index is 0.234. The molecule has 2 unspecified atom stereocenters. The number of para-hydroxylation sites is 1. The summed E-state index contributed by atoms with van der Waals surface area (Å²) in [6.45, 7) is 2.82. The van der Waals surface area contributed by atoms with Gasteiger partial charge in [0, 0.05) is 18.8 Å². The van der Waals surface area contributed by atoms with Gasteiger partial charge in [-0.15, -0.1) is 0 Å². The fraction of sp³-hybridized carbons (Fsp3) is 0.350. The molecule has 1 aliphatic heterocycles. The molecule has 0 saturated carbocycles. The van der Waals surface area contributed by atoms with E-state index in [1.165, 1.54) is 19.2 Å². The molecule has 0 saturated heterocycles. The second-order valence-corrected chi connectivity index (χ2v) is 6.39. The number of fused-ring (bicyclic) bond motifs is 1. The minimum atomic E-state index is -0.733. The van der Waals surface area contributed by atoms with E-state index in [0.717, 1.165) is 16.8 Å². The zero-order valence-electron chi connectivity index (χ0n) is 14.4. The van der Waals surface area contributed by atoms with Crippen LogP contribution in [0.5, 0.6) is 0 Å². The lowest BCUT2D eigenvalue weighted by Gasteiger charge is -2.36. The highest BCUT2D eigenvalue weighted by Crippen LogP contribution is 2.36. The van der Waals surface area contributed by atoms with E-state index >= 15 is 0 Å². The van der Waals surface area contributed by atoms with E-state index in [1.54, 1.807) is 13.0 Å². The summed E-state index contributed by atoms with van der Waals surface area (Å²) in [5, 5.41) is 10.6. The Morgan fingerprint density at radius 2 is 2.12 bits per heavy atom. The number of rotatable bonds is 4. The summed E-state index contributed by atoms with van der Waals surface area (Å²) in [6.07, 6.45) is -0.0953. The number of hydrogen-bond acceptors (Lipinski definition) is 4. The Morgan fingerprint density at radius 1 is 1.36 bits per heavy atom. The van der Waals surface area contributed by atoms with Gasteiger partial charge in [0.25, 0.3) is 0 Å². The van der Waals surface area contributed by atoms with Crippen molar-refractivity contribution in [1.82, 2.24) is 0 Å². The van der Waals surface area contributed by atoms with Crippen molar-refractivity contribution in [2.45, 2.75) is 25.4 Å². The molecule has 1 N–H and O–H groups in total. The van der Waals surface area contributed by atoms with Gasteiger partial charge >= 0.3 is 5.97 Å². The quantitative estimate of drug-likeness (QED) is 0.865. The van der Waals surface area contributed by atoms with Crippen molar-refractivity contribution >= 4 is 11.7 Å². The Balaban J connectivity index is 1.84. The number of methoxy groups -OCH3 is 1. The van der Waals surface area contributed by atoms with Gasteiger partial charge in [0.1, 0.15) is 5.82 Å². The SMILES string of the molecule is COC(=O)C1CCN(CC(O)c2ccc(F)cc2C)c2ccccc21. The van der Waals surface area contributed by atoms with Crippen molar-refractivity contribution in [1.29, 1.82) is 0 Å². The third-order valence-electron chi connectivity index (χ3n) is 4.81. The Labute approximate surface area is 146 Å². The monoisotopic (exact) mass is 343 g/mol. The molecule has 0 aromatic heterocycles. The van der Waals surface area contributed by atoms with Gasteiger partial charge in [0.15, 0.2) is 0 Å². The lowest BCUT2D eigenvalue weighted by molar-refractivity contribution is -0.142. The molecule has 2 aromatic carbocycles. The second-order valence-electron chi connectivity index (χ2n) is 6.39. The summed E-state index contributed by atoms with van der Waals surface area (Å²) < 4.78 is 18.2. The molecule has 5 heteroatoms. The molecule has 0 fully saturated rings. The van der Waals surface area contributed by atoms with Gasteiger partial charge in [0.2, 0.25) is 0 Å². The number of esters is 1. The summed E-state index contributed by atoms with van der Waals surface area (Å²) in [7, 11) is 1.40. The van der Waals surface area contributed by atoms with Crippen LogP contribution < -0.4 is 4.90 Å². The lowest BCUT2D eigenvalue weighted by atomic mass is 9.89. The minimum Gasteiger partial charge on any atom is -0.469 e. The summed E-state index contributed by atoms with van der Waals surface area (Å²) in [6, 6.07) is 12.1. The number of aliphatic hydroxyl groups is 1. The maximum absolute atomic E-state index is 13.3. The highest BCUT2D eigenvalue weighted by molar-refractivity contribution is 5.82. The molecular weight excluding hydrogens is 321 g/mol. The topological polar surface area (TPSA) is 49.8 Å². The Bertz CT molecular complexity index is 777. The molecule has 25 heavy (non-hydrogen) atoms. The van der Waals surface area contributed by atoms with E-state index in [4.69, 9.17) is 4.74 Å². The third-order valence-corrected chi connectivity index (χ3v) is 4.81. The maximum Gasteiger partial charge on any atom is 0.313 e. The maximum atomic E-state index is 13.3. The molecule has 0 radical (unpaired) electrons. The first-order valence-corrected chi connectivity index (χ1v) is 8.37. The van der Waals surface area contributed by atoms with E-state index in [1.807, 2.05) is 24.3 Å². The number of ether oxygens (including phenoxy) is 1. The molecule has 1 aliphatic rings. The van der Waals surface area contributed by atoms with Gasteiger partial charge in [-0.3, -0.25) is 4.79 Å². The Morgan fingerprint density at radius 3 is 2.84 bits per heavy atom. The van der Waals surface area contributed by atoms with Crippen LogP contribution in [-0.4, -0.2) is 31.3 Å². The zero-order chi connectivity index (χ0) is 18.0. The number of hydrogen-bond donors (Lipinski definition) is 1. The number of aliphatic hydroxyl groups excluding tert-OH is 1. The number of benzene rings is 2. The molecule has 1 heterocycles. The van der Waals surface area contributed by atoms with Gasteiger partial charge in [-0.05, 0) is 48.2 Å². The van der Waals surface area contributed by atoms with Crippen LogP contribution >= 0.6 is 0 Å². The standard InChI is InChI=1S/C20H22FNO3/c1-13-11-14(21)7-8-15(13)19(23)12-22-10-9-17(20(24)25-2)16-5-3-4-6-18(16)22/h3-8,11,17,19,23H,9-10,12H2,1-2H3. The van der Waals surface area contributed by atoms with E-state index in [2.05, 4.69) is 4.90 Å². The number of β-amino-alcohol motifs (C(OH)–C–C–N with tert-alkyl or cyclic N) is 1. The van der Waals surface area contributed by atoms with Crippen LogP contribution in [0.15, 0.2) is 42.5 Å². The van der Waals surface area contributed by atoms with E-state index in [-0.39, 0.29) is 17.7 Å². The number of nitrogens with zero attached hydrogens (tertiary/aromatic N) is 1. The number of aryl methyl sites for hydroxylation is 1. The molecule has 0 bridgehead atoms. The Hall–Kier alpha value is -2.40. The molecule has 0 aliphatic carbocycles. The van der Waals surface area contributed by atoms with Gasteiger partial charge in [-0.1, -0.05) is 24.3 Å². The largest absolute Gasteiger partial charge is 0.469 e. The highest BCUT2D eigenvalue weighted by Gasteiger charge is 2.31. The molecule has 132 valence electrons. The van der Waals surface area contributed by atoms with Crippen LogP contribution in [0.25, 0.3) is 0 Å². The first kappa shape index (κ1) is 17.4. The number of anilines is 1. The van der Waals surface area contributed by atoms with Gasteiger partial charge < -0.3 is 14.7 Å². The molecule has 3 rings (SSSR count). The van der Waals surface area contributed by atoms with E-state index in [0.29, 0.717) is 25.1 Å². The summed E-state index contributed by atoms with van der Waals surface area (Å²) in [4.78, 5) is 14.1. The first-order chi connectivity index (χ1) is 12.0. The average Bonchev–Trinajstić information content (AvgIpc) is 2.61. The Kier molecular flexibility index (Phi) is 5.04. The predicted molar refractivity (Wildman–Crippen MR) is 94.1 cm³/mol. The summed E-state index contributed by atoms with van der Waals surface area (Å²) in [5.74, 6) is -0.818. The van der Waals surface area contributed by atoms with Crippen molar-refractivity contribution in [2.75, 3.05) is 25.1 Å². The van der Waals surface area contributed by atoms with Crippen LogP contribution in [-0.2, 0) is 9.53 Å². The van der Waals surface area contributed by atoms with Crippen molar-refractivity contribution in [3.05, 3.63) is 65.0 Å². The van der Waals surface area contributed by atoms with E-state index in [9.17, 15) is 14.3 Å². The highest BCUT2D eigenvalue weighted by atomic mass is 19.1. The number of halogens is 1. The van der Waals surface area contributed by atoms with Crippen molar-refractivity contribution < 1.29 is 19.0 Å². The average molecular weight is 343 g/mol. The van der Waals surface area contributed by atoms with Crippen molar-refractivity contribution in [3.8, 4) is 0 Å². The summed E-state index contributed by atoms with van der Waals surface area (Å²) >= 11 is 0. The number of carbonyl (C=O) groups is 1. The fourth-order valence-corrected chi connectivity index (χ4v) is 3.53. The van der Waals surface area contributed by atoms with Gasteiger partial charge in [-0.25, -0.2) is 4.39 Å². The second kappa shape index (κ2) is 7.23. The normalized spacial score (nSPS) is 17.8. The molecule has 0 amide bonds.